The molecule has 8 bridgehead atoms. The van der Waals surface area contributed by atoms with Crippen molar-refractivity contribution in [3.63, 3.8) is 0 Å². The summed E-state index contributed by atoms with van der Waals surface area (Å²) >= 11 is 0. The summed E-state index contributed by atoms with van der Waals surface area (Å²) < 4.78 is 17.9. The van der Waals surface area contributed by atoms with Crippen LogP contribution in [0, 0.1) is 69.5 Å². The van der Waals surface area contributed by atoms with Crippen LogP contribution in [-0.4, -0.2) is 60.2 Å². The number of unbranched alkanes of at least 4 members (excludes halogenated alkanes) is 7. The molecule has 5 heterocycles. The third-order valence-electron chi connectivity index (χ3n) is 20.5. The zero-order valence-electron chi connectivity index (χ0n) is 71.8. The Balaban J connectivity index is 0.000000227. The number of nitrogens with one attached hydrogen (secondary N) is 2. The van der Waals surface area contributed by atoms with Gasteiger partial charge >= 0.3 is 0 Å². The minimum Gasteiger partial charge on any atom is -0.496 e. The maximum Gasteiger partial charge on any atom is 0.195 e. The smallest absolute Gasteiger partial charge is 0.195 e. The number of allylic oxidation sites excluding steroid dienone is 6. The molecule has 17 heteroatoms. The van der Waals surface area contributed by atoms with Gasteiger partial charge in [-0.25, -0.2) is 34.7 Å². The molecule has 0 saturated carbocycles. The predicted molar refractivity (Wildman–Crippen MR) is 500 cm³/mol. The summed E-state index contributed by atoms with van der Waals surface area (Å²) in [6, 6.07) is 55.6. The summed E-state index contributed by atoms with van der Waals surface area (Å²) in [5.41, 5.74) is 19.9. The fraction of sp³-hybridized carbons (Fsp3) is 0.317. The average molecular weight is 1650 g/mol. The zero-order valence-corrected chi connectivity index (χ0v) is 75.3. The Kier molecular flexibility index (Phi) is 40.0. The number of fused-ring (bicyclic) bond motifs is 20. The van der Waals surface area contributed by atoms with Crippen molar-refractivity contribution in [3.05, 3.63) is 261 Å². The van der Waals surface area contributed by atoms with E-state index in [9.17, 15) is 5.26 Å². The molecular formula is C101H117N11O3P2V. The van der Waals surface area contributed by atoms with Gasteiger partial charge in [0.05, 0.1) is 44.3 Å². The van der Waals surface area contributed by atoms with Gasteiger partial charge in [0.15, 0.2) is 29.0 Å². The van der Waals surface area contributed by atoms with Crippen LogP contribution in [0.25, 0.3) is 124 Å². The second-order valence-electron chi connectivity index (χ2n) is 29.0. The van der Waals surface area contributed by atoms with E-state index in [1.54, 1.807) is 7.11 Å². The number of aryl methyl sites for hydroxylation is 6. The molecule has 13 rings (SSSR count). The molecule has 11 aromatic rings. The Morgan fingerprint density at radius 3 is 1.38 bits per heavy atom. The van der Waals surface area contributed by atoms with Crippen LogP contribution in [0.5, 0.6) is 17.2 Å². The molecule has 0 spiro atoms. The van der Waals surface area contributed by atoms with E-state index in [1.807, 2.05) is 180 Å². The summed E-state index contributed by atoms with van der Waals surface area (Å²) in [5.74, 6) is 7.63. The molecule has 3 unspecified atom stereocenters. The minimum atomic E-state index is 0. The molecule has 0 fully saturated rings. The molecule has 609 valence electrons. The number of H-pyrrole nitrogens is 2. The maximum absolute atomic E-state index is 9.71. The van der Waals surface area contributed by atoms with E-state index in [0.29, 0.717) is 84.4 Å². The first kappa shape index (κ1) is 94.3. The third kappa shape index (κ3) is 26.3. The molecule has 0 saturated heterocycles. The topological polar surface area (TPSA) is 189 Å². The summed E-state index contributed by atoms with van der Waals surface area (Å²) in [6.45, 7) is 38.6. The average Bonchev–Trinajstić information content (AvgIpc) is 1.60. The Morgan fingerprint density at radius 1 is 0.500 bits per heavy atom. The van der Waals surface area contributed by atoms with Gasteiger partial charge in [-0.05, 0) is 176 Å². The second kappa shape index (κ2) is 50.0. The van der Waals surface area contributed by atoms with Gasteiger partial charge in [-0.3, -0.25) is 0 Å². The van der Waals surface area contributed by atoms with E-state index in [1.165, 1.54) is 97.6 Å². The molecule has 0 amide bonds. The largest absolute Gasteiger partial charge is 0.496 e. The number of hydrogen-bond acceptors (Lipinski definition) is 11. The Bertz CT molecular complexity index is 5270. The van der Waals surface area contributed by atoms with E-state index in [0.717, 1.165) is 115 Å². The Morgan fingerprint density at radius 2 is 0.966 bits per heavy atom. The van der Waals surface area contributed by atoms with E-state index < -0.39 is 0 Å². The third-order valence-corrected chi connectivity index (χ3v) is 21.0. The van der Waals surface area contributed by atoms with Gasteiger partial charge in [-0.2, -0.15) is 10.5 Å². The molecule has 8 aromatic carbocycles. The molecule has 1 radical (unpaired) electrons. The van der Waals surface area contributed by atoms with Crippen LogP contribution in [0.3, 0.4) is 0 Å². The summed E-state index contributed by atoms with van der Waals surface area (Å²) in [7, 11) is 4.43. The number of aromatic nitrogens is 8. The number of benzene rings is 8. The van der Waals surface area contributed by atoms with Crippen molar-refractivity contribution in [1.82, 2.24) is 39.9 Å². The molecule has 2 N–H and O–H groups in total. The van der Waals surface area contributed by atoms with Gasteiger partial charge < -0.3 is 24.2 Å². The fourth-order valence-electron chi connectivity index (χ4n) is 13.8. The van der Waals surface area contributed by atoms with Crippen LogP contribution in [0.2, 0.25) is 0 Å². The predicted octanol–water partition coefficient (Wildman–Crippen LogP) is 28.5. The monoisotopic (exact) mass is 1640 g/mol. The first-order valence-electron chi connectivity index (χ1n) is 41.3. The number of methoxy groups -OCH3 is 1. The molecule has 0 aliphatic carbocycles. The number of hydrogen-bond donors (Lipinski definition) is 2. The fourth-order valence-corrected chi connectivity index (χ4v) is 13.8. The van der Waals surface area contributed by atoms with Crippen LogP contribution in [0.15, 0.2) is 188 Å². The van der Waals surface area contributed by atoms with Crippen LogP contribution in [0.1, 0.15) is 207 Å². The van der Waals surface area contributed by atoms with E-state index in [-0.39, 0.29) is 18.6 Å². The van der Waals surface area contributed by atoms with Gasteiger partial charge in [-0.1, -0.05) is 282 Å². The standard InChI is InChI=1S/C34H44N2O2.C32H18N8.C20H32O.C10H12.C4H8.CH3NP2.V/c1-8-11-13-15-17-37-33-21-26(5)25(4)19-29(33)22-32(36-7)30-23-34(38-18-16-14-12-9-2)31(20-27(30)6)28(10-3)24-35;1-2-10-18-17(9-1)25-33-26(18)38-28-21-13-5-6-14-22(21)30(35-28)40-32-24-16-8-7-15-23(24)31(36-32)39-29-20-12-4-3-11-19(20)27(34-29)37-25;1-6-9-11-17(8-3)12-13-19-14-16(4)20(21-5)15-18(19)10-7-2;1-3-4-10-7-5-9(2)6-8-10;1-3-4-2;2-1-4-3;/h10,19-23H,8-9,11-18H2,1-6H3;1-16H,(H2,33,34,35,36,37,38,39,40);7,10,14-15,17H,6,8-9,11-13H2,1-5H3;3-8H,1-2H3;3-4H,1-2H3;4H,3H2;/b28-10+,32-22-;;10-7+;2*4-3+;;. The maximum atomic E-state index is 9.71. The minimum absolute atomic E-state index is 0. The quantitative estimate of drug-likeness (QED) is 0.0138. The number of aromatic amines is 2. The van der Waals surface area contributed by atoms with Gasteiger partial charge in [0.2, 0.25) is 0 Å². The second-order valence-corrected chi connectivity index (χ2v) is 30.4. The Labute approximate surface area is 717 Å². The summed E-state index contributed by atoms with van der Waals surface area (Å²) in [5, 5.41) is 21.1. The van der Waals surface area contributed by atoms with Crippen molar-refractivity contribution < 1.29 is 32.8 Å². The van der Waals surface area contributed by atoms with Gasteiger partial charge in [-0.15, -0.1) is 0 Å². The number of nitrogens with zero attached hydrogens (tertiary/aromatic N) is 9. The molecular weight excluding hydrogens is 1530 g/mol. The normalized spacial score (nSPS) is 11.6. The summed E-state index contributed by atoms with van der Waals surface area (Å²) in [4.78, 5) is 40.7. The van der Waals surface area contributed by atoms with Gasteiger partial charge in [0, 0.05) is 81.8 Å². The molecule has 118 heavy (non-hydrogen) atoms. The van der Waals surface area contributed by atoms with Crippen molar-refractivity contribution in [1.29, 1.82) is 10.5 Å². The van der Waals surface area contributed by atoms with Crippen LogP contribution >= 0.6 is 17.2 Å². The van der Waals surface area contributed by atoms with Crippen molar-refractivity contribution >= 4 is 90.8 Å². The van der Waals surface area contributed by atoms with Gasteiger partial charge in [0.1, 0.15) is 39.8 Å². The molecule has 14 nitrogen and oxygen atoms in total. The summed E-state index contributed by atoms with van der Waals surface area (Å²) in [6.07, 6.45) is 33.0. The van der Waals surface area contributed by atoms with Crippen molar-refractivity contribution in [2.75, 3.05) is 20.3 Å². The molecule has 2 aliphatic heterocycles. The van der Waals surface area contributed by atoms with E-state index >= 15 is 0 Å². The van der Waals surface area contributed by atoms with Crippen molar-refractivity contribution in [2.45, 2.75) is 187 Å². The van der Waals surface area contributed by atoms with Crippen LogP contribution in [-0.2, 0) is 25.0 Å². The first-order chi connectivity index (χ1) is 57.0. The van der Waals surface area contributed by atoms with Crippen molar-refractivity contribution in [2.24, 2.45) is 5.92 Å². The number of nitriles is 2. The number of rotatable bonds is 25. The SMILES string of the molecule is C/C=C/C.C/C=C/c1cc(OC)c(C)cc1CCC(CC)CCCC.C/C=C/c1ccc(C)cc1.N#CPP.[C-]#[N+]/C(=C\c1cc(C)c(C)cc1OCCCCCC)c1cc(OCCCCCC)c(/C(C#N)=C/C)cc1C.[V].c1ccc2c(c1)-c1nc-2nc2[nH]c(nc3nc(nc4[nH]c(n1)c1ccccc41)-c1ccccc1-3)c1ccccc21. The first-order valence-corrected chi connectivity index (χ1v) is 44.1. The molecule has 3 aromatic heterocycles. The molecule has 3 atom stereocenters. The Hall–Kier alpha value is -10.9. The van der Waals surface area contributed by atoms with Crippen molar-refractivity contribution in [3.8, 4) is 74.7 Å². The van der Waals surface area contributed by atoms with E-state index in [4.69, 9.17) is 55.9 Å². The zero-order chi connectivity index (χ0) is 84.0. The van der Waals surface area contributed by atoms with Gasteiger partial charge in [0.25, 0.3) is 0 Å². The number of ether oxygens (including phenoxy) is 3. The molecule has 2 aliphatic rings. The van der Waals surface area contributed by atoms with E-state index in [2.05, 4.69) is 159 Å². The van der Waals surface area contributed by atoms with Crippen LogP contribution in [0.4, 0.5) is 0 Å². The van der Waals surface area contributed by atoms with Crippen LogP contribution < -0.4 is 14.2 Å².